The molecule has 6 nitrogen and oxygen atoms in total. The van der Waals surface area contributed by atoms with Crippen LogP contribution in [0, 0.1) is 11.7 Å². The third-order valence-electron chi connectivity index (χ3n) is 3.27. The van der Waals surface area contributed by atoms with E-state index in [0.717, 1.165) is 0 Å². The third-order valence-corrected chi connectivity index (χ3v) is 3.27. The largest absolute Gasteiger partial charge is 0.469 e. The van der Waals surface area contributed by atoms with E-state index < -0.39 is 35.6 Å². The minimum Gasteiger partial charge on any atom is -0.469 e. The van der Waals surface area contributed by atoms with Gasteiger partial charge in [0.15, 0.2) is 0 Å². The predicted molar refractivity (Wildman–Crippen MR) is 79.8 cm³/mol. The van der Waals surface area contributed by atoms with Crippen molar-refractivity contribution in [2.24, 2.45) is 5.92 Å². The molecule has 0 unspecified atom stereocenters. The molecule has 0 fully saturated rings. The number of carbonyl (C=O) groups excluding carboxylic acids is 3. The van der Waals surface area contributed by atoms with Gasteiger partial charge in [0.2, 0.25) is 5.91 Å². The minimum atomic E-state index is -0.977. The molecule has 0 spiro atoms. The maximum Gasteiger partial charge on any atom is 0.328 e. The van der Waals surface area contributed by atoms with Gasteiger partial charge in [0.05, 0.1) is 26.6 Å². The Kier molecular flexibility index (Phi) is 7.18. The molecular formula is C16H20FNO5. The van der Waals surface area contributed by atoms with Crippen molar-refractivity contribution in [1.29, 1.82) is 0 Å². The number of rotatable bonds is 7. The Morgan fingerprint density at radius 1 is 1.17 bits per heavy atom. The van der Waals surface area contributed by atoms with Gasteiger partial charge in [-0.05, 0) is 24.1 Å². The van der Waals surface area contributed by atoms with Gasteiger partial charge < -0.3 is 14.8 Å². The first-order valence-corrected chi connectivity index (χ1v) is 7.06. The molecule has 1 aromatic rings. The number of hydrogen-bond acceptors (Lipinski definition) is 5. The number of methoxy groups -OCH3 is 2. The van der Waals surface area contributed by atoms with Gasteiger partial charge in [0, 0.05) is 0 Å². The first kappa shape index (κ1) is 18.6. The lowest BCUT2D eigenvalue weighted by Gasteiger charge is -2.19. The molecular weight excluding hydrogens is 305 g/mol. The summed E-state index contributed by atoms with van der Waals surface area (Å²) in [6, 6.07) is 4.64. The Labute approximate surface area is 134 Å². The number of ether oxygens (including phenoxy) is 2. The van der Waals surface area contributed by atoms with Gasteiger partial charge in [-0.15, -0.1) is 0 Å². The molecule has 0 saturated heterocycles. The maximum absolute atomic E-state index is 13.1. The van der Waals surface area contributed by atoms with Gasteiger partial charge in [-0.25, -0.2) is 9.18 Å². The van der Waals surface area contributed by atoms with Crippen LogP contribution in [0.15, 0.2) is 24.3 Å². The van der Waals surface area contributed by atoms with Crippen LogP contribution in [0.3, 0.4) is 0 Å². The zero-order valence-corrected chi connectivity index (χ0v) is 13.3. The van der Waals surface area contributed by atoms with Crippen LogP contribution in [0.5, 0.6) is 0 Å². The molecule has 0 saturated carbocycles. The van der Waals surface area contributed by atoms with E-state index >= 15 is 0 Å². The van der Waals surface area contributed by atoms with Gasteiger partial charge in [-0.3, -0.25) is 9.59 Å². The Hall–Kier alpha value is -2.44. The first-order chi connectivity index (χ1) is 10.9. The van der Waals surface area contributed by atoms with E-state index in [0.29, 0.717) is 5.56 Å². The molecule has 23 heavy (non-hydrogen) atoms. The highest BCUT2D eigenvalue weighted by molar-refractivity contribution is 5.86. The summed E-state index contributed by atoms with van der Waals surface area (Å²) in [4.78, 5) is 35.2. The molecule has 0 bridgehead atoms. The highest BCUT2D eigenvalue weighted by Crippen LogP contribution is 2.10. The fraction of sp³-hybridized carbons (Fsp3) is 0.438. The summed E-state index contributed by atoms with van der Waals surface area (Å²) in [5, 5.41) is 2.50. The molecule has 0 aliphatic rings. The van der Waals surface area contributed by atoms with Crippen molar-refractivity contribution in [1.82, 2.24) is 5.32 Å². The van der Waals surface area contributed by atoms with Gasteiger partial charge >= 0.3 is 11.9 Å². The van der Waals surface area contributed by atoms with Crippen molar-refractivity contribution in [2.75, 3.05) is 14.2 Å². The molecule has 0 aromatic heterocycles. The Bertz CT molecular complexity index is 575. The van der Waals surface area contributed by atoms with Crippen LogP contribution in [0.2, 0.25) is 0 Å². The van der Waals surface area contributed by atoms with E-state index in [1.54, 1.807) is 13.0 Å². The van der Waals surface area contributed by atoms with Crippen molar-refractivity contribution in [3.8, 4) is 0 Å². The number of benzene rings is 1. The lowest BCUT2D eigenvalue weighted by molar-refractivity contribution is -0.148. The van der Waals surface area contributed by atoms with E-state index in [4.69, 9.17) is 0 Å². The average Bonchev–Trinajstić information content (AvgIpc) is 2.52. The molecule has 0 heterocycles. The minimum absolute atomic E-state index is 0.0498. The monoisotopic (exact) mass is 325 g/mol. The SMILES string of the molecule is COC(=O)[C@@H](C)C[C@@H](NC(=O)Cc1cccc(F)c1)C(=O)OC. The second-order valence-electron chi connectivity index (χ2n) is 5.11. The number of esters is 2. The van der Waals surface area contributed by atoms with Crippen LogP contribution < -0.4 is 5.32 Å². The van der Waals surface area contributed by atoms with Crippen molar-refractivity contribution >= 4 is 17.8 Å². The molecule has 1 rings (SSSR count). The zero-order chi connectivity index (χ0) is 17.4. The number of carbonyl (C=O) groups is 3. The van der Waals surface area contributed by atoms with E-state index in [1.165, 1.54) is 32.4 Å². The predicted octanol–water partition coefficient (Wildman–Crippen LogP) is 1.23. The summed E-state index contributed by atoms with van der Waals surface area (Å²) in [5.74, 6) is -2.65. The third kappa shape index (κ3) is 6.06. The van der Waals surface area contributed by atoms with Gasteiger partial charge in [0.25, 0.3) is 0 Å². The average molecular weight is 325 g/mol. The number of nitrogens with one attached hydrogen (secondary N) is 1. The molecule has 2 atom stereocenters. The molecule has 0 aliphatic carbocycles. The molecule has 126 valence electrons. The molecule has 0 radical (unpaired) electrons. The zero-order valence-electron chi connectivity index (χ0n) is 13.3. The van der Waals surface area contributed by atoms with Crippen LogP contribution in [-0.2, 0) is 30.3 Å². The van der Waals surface area contributed by atoms with E-state index in [9.17, 15) is 18.8 Å². The Morgan fingerprint density at radius 2 is 1.83 bits per heavy atom. The number of halogens is 1. The molecule has 7 heteroatoms. The maximum atomic E-state index is 13.1. The second-order valence-corrected chi connectivity index (χ2v) is 5.11. The van der Waals surface area contributed by atoms with Crippen molar-refractivity contribution in [2.45, 2.75) is 25.8 Å². The molecule has 0 aliphatic heterocycles. The number of amides is 1. The summed E-state index contributed by atoms with van der Waals surface area (Å²) in [6.45, 7) is 1.58. The van der Waals surface area contributed by atoms with Gasteiger partial charge in [-0.1, -0.05) is 19.1 Å². The Balaban J connectivity index is 2.71. The van der Waals surface area contributed by atoms with E-state index in [1.807, 2.05) is 0 Å². The summed E-state index contributed by atoms with van der Waals surface area (Å²) in [7, 11) is 2.44. The van der Waals surface area contributed by atoms with E-state index in [2.05, 4.69) is 14.8 Å². The van der Waals surface area contributed by atoms with E-state index in [-0.39, 0.29) is 12.8 Å². The number of hydrogen-bond donors (Lipinski definition) is 1. The highest BCUT2D eigenvalue weighted by Gasteiger charge is 2.27. The van der Waals surface area contributed by atoms with Crippen LogP contribution in [0.25, 0.3) is 0 Å². The van der Waals surface area contributed by atoms with Crippen LogP contribution in [0.1, 0.15) is 18.9 Å². The lowest BCUT2D eigenvalue weighted by atomic mass is 10.0. The fourth-order valence-electron chi connectivity index (χ4n) is 2.08. The normalized spacial score (nSPS) is 12.9. The summed E-state index contributed by atoms with van der Waals surface area (Å²) in [5.41, 5.74) is 0.479. The highest BCUT2D eigenvalue weighted by atomic mass is 19.1. The van der Waals surface area contributed by atoms with Crippen molar-refractivity contribution in [3.63, 3.8) is 0 Å². The summed E-state index contributed by atoms with van der Waals surface area (Å²) in [6.07, 6.45) is -0.0356. The van der Waals surface area contributed by atoms with Crippen molar-refractivity contribution < 1.29 is 28.2 Å². The topological polar surface area (TPSA) is 81.7 Å². The first-order valence-electron chi connectivity index (χ1n) is 7.06. The lowest BCUT2D eigenvalue weighted by Crippen LogP contribution is -2.44. The van der Waals surface area contributed by atoms with Crippen LogP contribution in [0.4, 0.5) is 4.39 Å². The summed E-state index contributed by atoms with van der Waals surface area (Å²) >= 11 is 0. The van der Waals surface area contributed by atoms with Crippen molar-refractivity contribution in [3.05, 3.63) is 35.6 Å². The second kappa shape index (κ2) is 8.87. The van der Waals surface area contributed by atoms with Gasteiger partial charge in [-0.2, -0.15) is 0 Å². The smallest absolute Gasteiger partial charge is 0.328 e. The Morgan fingerprint density at radius 3 is 2.39 bits per heavy atom. The molecule has 1 N–H and O–H groups in total. The van der Waals surface area contributed by atoms with Crippen LogP contribution in [-0.4, -0.2) is 38.1 Å². The molecule has 1 amide bonds. The standard InChI is InChI=1S/C16H20FNO5/c1-10(15(20)22-2)7-13(16(21)23-3)18-14(19)9-11-5-4-6-12(17)8-11/h4-6,8,10,13H,7,9H2,1-3H3,(H,18,19)/t10-,13+/m0/s1. The fourth-order valence-corrected chi connectivity index (χ4v) is 2.08. The summed E-state index contributed by atoms with van der Waals surface area (Å²) < 4.78 is 22.3. The quantitative estimate of drug-likeness (QED) is 0.763. The van der Waals surface area contributed by atoms with Gasteiger partial charge in [0.1, 0.15) is 11.9 Å². The van der Waals surface area contributed by atoms with Crippen LogP contribution >= 0.6 is 0 Å². The molecule has 1 aromatic carbocycles.